The van der Waals surface area contributed by atoms with Crippen LogP contribution in [0.3, 0.4) is 0 Å². The number of nitrogens with zero attached hydrogens (tertiary/aromatic N) is 4. The van der Waals surface area contributed by atoms with Crippen molar-refractivity contribution < 1.29 is 9.18 Å². The van der Waals surface area contributed by atoms with Crippen LogP contribution in [0.15, 0.2) is 61.1 Å². The van der Waals surface area contributed by atoms with Crippen LogP contribution in [0.4, 0.5) is 21.7 Å². The maximum Gasteiger partial charge on any atom is 0.226 e. The van der Waals surface area contributed by atoms with Crippen LogP contribution in [0.5, 0.6) is 0 Å². The van der Waals surface area contributed by atoms with Gasteiger partial charge in [-0.05, 0) is 35.7 Å². The summed E-state index contributed by atoms with van der Waals surface area (Å²) in [7, 11) is 0. The van der Waals surface area contributed by atoms with Gasteiger partial charge >= 0.3 is 0 Å². The molecule has 4 rings (SSSR count). The Balaban J connectivity index is 1.67. The third-order valence-corrected chi connectivity index (χ3v) is 4.62. The molecule has 3 heterocycles. The lowest BCUT2D eigenvalue weighted by molar-refractivity contribution is -0.117. The number of halogens is 1. The Morgan fingerprint density at radius 3 is 2.56 bits per heavy atom. The fourth-order valence-electron chi connectivity index (χ4n) is 3.27. The summed E-state index contributed by atoms with van der Waals surface area (Å²) in [5.41, 5.74) is 1.82. The average Bonchev–Trinajstić information content (AvgIpc) is 2.73. The minimum atomic E-state index is -0.368. The number of hydrogen-bond donors (Lipinski definition) is 2. The number of carbonyl (C=O) groups excluding carboxylic acids is 1. The molecule has 7 nitrogen and oxygen atoms in total. The Labute approximate surface area is 185 Å². The number of aromatic nitrogens is 4. The summed E-state index contributed by atoms with van der Waals surface area (Å²) in [6.45, 7) is 5.99. The van der Waals surface area contributed by atoms with Gasteiger partial charge in [-0.1, -0.05) is 32.9 Å². The molecule has 0 aliphatic rings. The molecule has 8 heteroatoms. The van der Waals surface area contributed by atoms with Gasteiger partial charge in [-0.15, -0.1) is 0 Å². The first-order valence-electron chi connectivity index (χ1n) is 10.2. The second-order valence-corrected chi connectivity index (χ2v) is 8.61. The molecule has 0 fully saturated rings. The Kier molecular flexibility index (Phi) is 5.77. The molecule has 0 unspecified atom stereocenters. The summed E-state index contributed by atoms with van der Waals surface area (Å²) in [5, 5.41) is 6.79. The molecule has 0 saturated heterocycles. The van der Waals surface area contributed by atoms with Crippen molar-refractivity contribution in [3.05, 3.63) is 66.9 Å². The molecule has 2 N–H and O–H groups in total. The van der Waals surface area contributed by atoms with Gasteiger partial charge < -0.3 is 10.6 Å². The standard InChI is InChI=1S/C24H23FN6O/c1-24(2,3)13-22(32)31-21-12-20(27-14-28-21)29-19-11-18(15-7-4-5-9-17(15)25)30-23-16(19)8-6-10-26-23/h4-12,14H,13H2,1-3H3,(H2,26,27,28,29,30,31,32). The second kappa shape index (κ2) is 8.66. The maximum atomic E-state index is 14.4. The molecule has 0 aliphatic carbocycles. The van der Waals surface area contributed by atoms with Crippen molar-refractivity contribution in [1.82, 2.24) is 19.9 Å². The molecular weight excluding hydrogens is 407 g/mol. The zero-order valence-electron chi connectivity index (χ0n) is 18.1. The number of fused-ring (bicyclic) bond motifs is 1. The summed E-state index contributed by atoms with van der Waals surface area (Å²) in [6.07, 6.45) is 3.37. The lowest BCUT2D eigenvalue weighted by Crippen LogP contribution is -2.20. The van der Waals surface area contributed by atoms with Crippen LogP contribution in [0.1, 0.15) is 27.2 Å². The van der Waals surface area contributed by atoms with E-state index in [0.717, 1.165) is 5.39 Å². The van der Waals surface area contributed by atoms with Crippen molar-refractivity contribution in [2.75, 3.05) is 10.6 Å². The van der Waals surface area contributed by atoms with Gasteiger partial charge in [-0.2, -0.15) is 0 Å². The van der Waals surface area contributed by atoms with Gasteiger partial charge in [0, 0.05) is 29.6 Å². The van der Waals surface area contributed by atoms with E-state index < -0.39 is 0 Å². The molecule has 0 aliphatic heterocycles. The summed E-state index contributed by atoms with van der Waals surface area (Å²) in [4.78, 5) is 29.5. The molecule has 162 valence electrons. The topological polar surface area (TPSA) is 92.7 Å². The minimum absolute atomic E-state index is 0.123. The number of pyridine rings is 2. The predicted molar refractivity (Wildman–Crippen MR) is 123 cm³/mol. The molecule has 0 atom stereocenters. The first-order chi connectivity index (χ1) is 15.3. The molecule has 3 aromatic heterocycles. The Hall–Kier alpha value is -3.94. The van der Waals surface area contributed by atoms with E-state index in [1.807, 2.05) is 26.8 Å². The highest BCUT2D eigenvalue weighted by Crippen LogP contribution is 2.30. The number of nitrogens with one attached hydrogen (secondary N) is 2. The smallest absolute Gasteiger partial charge is 0.226 e. The normalized spacial score (nSPS) is 11.4. The summed E-state index contributed by atoms with van der Waals surface area (Å²) in [6, 6.07) is 13.5. The molecule has 0 saturated carbocycles. The molecule has 0 radical (unpaired) electrons. The van der Waals surface area contributed by atoms with Crippen molar-refractivity contribution in [2.45, 2.75) is 27.2 Å². The van der Waals surface area contributed by atoms with Crippen molar-refractivity contribution in [3.8, 4) is 11.3 Å². The summed E-state index contributed by atoms with van der Waals surface area (Å²) < 4.78 is 14.4. The van der Waals surface area contributed by atoms with Crippen molar-refractivity contribution >= 4 is 34.3 Å². The van der Waals surface area contributed by atoms with Gasteiger partial charge in [0.1, 0.15) is 23.8 Å². The molecule has 1 aromatic carbocycles. The van der Waals surface area contributed by atoms with Crippen molar-refractivity contribution in [1.29, 1.82) is 0 Å². The van der Waals surface area contributed by atoms with E-state index >= 15 is 0 Å². The summed E-state index contributed by atoms with van der Waals surface area (Å²) >= 11 is 0. The average molecular weight is 430 g/mol. The lowest BCUT2D eigenvalue weighted by atomic mass is 9.92. The highest BCUT2D eigenvalue weighted by Gasteiger charge is 2.17. The highest BCUT2D eigenvalue weighted by molar-refractivity contribution is 5.94. The fourth-order valence-corrected chi connectivity index (χ4v) is 3.27. The Morgan fingerprint density at radius 1 is 1.00 bits per heavy atom. The SMILES string of the molecule is CC(C)(C)CC(=O)Nc1cc(Nc2cc(-c3ccccc3F)nc3ncccc23)ncn1. The quantitative estimate of drug-likeness (QED) is 0.444. The molecule has 32 heavy (non-hydrogen) atoms. The van der Waals surface area contributed by atoms with E-state index in [1.165, 1.54) is 12.4 Å². The molecule has 1 amide bonds. The summed E-state index contributed by atoms with van der Waals surface area (Å²) in [5.74, 6) is 0.374. The largest absolute Gasteiger partial charge is 0.339 e. The number of benzene rings is 1. The van der Waals surface area contributed by atoms with Gasteiger partial charge in [-0.25, -0.2) is 24.3 Å². The number of amides is 1. The maximum absolute atomic E-state index is 14.4. The lowest BCUT2D eigenvalue weighted by Gasteiger charge is -2.17. The number of hydrogen-bond acceptors (Lipinski definition) is 6. The van der Waals surface area contributed by atoms with Crippen LogP contribution in [-0.2, 0) is 4.79 Å². The van der Waals surface area contributed by atoms with Gasteiger partial charge in [0.15, 0.2) is 5.65 Å². The zero-order valence-corrected chi connectivity index (χ0v) is 18.1. The third kappa shape index (κ3) is 5.03. The first-order valence-corrected chi connectivity index (χ1v) is 10.2. The molecule has 4 aromatic rings. The van der Waals surface area contributed by atoms with Crippen molar-refractivity contribution in [2.24, 2.45) is 5.41 Å². The fraction of sp³-hybridized carbons (Fsp3) is 0.208. The Bertz CT molecular complexity index is 1280. The number of anilines is 3. The van der Waals surface area contributed by atoms with Gasteiger partial charge in [0.2, 0.25) is 5.91 Å². The van der Waals surface area contributed by atoms with Crippen LogP contribution >= 0.6 is 0 Å². The zero-order chi connectivity index (χ0) is 22.7. The van der Waals surface area contributed by atoms with Crippen LogP contribution in [-0.4, -0.2) is 25.8 Å². The molecule has 0 bridgehead atoms. The van der Waals surface area contributed by atoms with Crippen LogP contribution < -0.4 is 10.6 Å². The Morgan fingerprint density at radius 2 is 1.78 bits per heavy atom. The van der Waals surface area contributed by atoms with Gasteiger partial charge in [0.25, 0.3) is 0 Å². The van der Waals surface area contributed by atoms with Crippen LogP contribution in [0, 0.1) is 11.2 Å². The van der Waals surface area contributed by atoms with Gasteiger partial charge in [0.05, 0.1) is 11.4 Å². The van der Waals surface area contributed by atoms with Crippen LogP contribution in [0.2, 0.25) is 0 Å². The first kappa shape index (κ1) is 21.3. The third-order valence-electron chi connectivity index (χ3n) is 4.62. The van der Waals surface area contributed by atoms with E-state index in [1.54, 1.807) is 42.6 Å². The molecular formula is C24H23FN6O. The van der Waals surface area contributed by atoms with E-state index in [9.17, 15) is 9.18 Å². The van der Waals surface area contributed by atoms with Gasteiger partial charge in [-0.3, -0.25) is 4.79 Å². The van der Waals surface area contributed by atoms with Crippen molar-refractivity contribution in [3.63, 3.8) is 0 Å². The predicted octanol–water partition coefficient (Wildman–Crippen LogP) is 5.34. The highest BCUT2D eigenvalue weighted by atomic mass is 19.1. The van der Waals surface area contributed by atoms with E-state index in [4.69, 9.17) is 0 Å². The van der Waals surface area contributed by atoms with Crippen LogP contribution in [0.25, 0.3) is 22.3 Å². The molecule has 0 spiro atoms. The minimum Gasteiger partial charge on any atom is -0.339 e. The van der Waals surface area contributed by atoms with E-state index in [2.05, 4.69) is 30.6 Å². The van der Waals surface area contributed by atoms with E-state index in [0.29, 0.717) is 40.6 Å². The number of carbonyl (C=O) groups is 1. The number of rotatable bonds is 5. The second-order valence-electron chi connectivity index (χ2n) is 8.61. The van der Waals surface area contributed by atoms with E-state index in [-0.39, 0.29) is 17.1 Å². The monoisotopic (exact) mass is 430 g/mol.